The van der Waals surface area contributed by atoms with Crippen molar-refractivity contribution in [3.8, 4) is 11.5 Å². The first-order valence-corrected chi connectivity index (χ1v) is 12.1. The highest BCUT2D eigenvalue weighted by Gasteiger charge is 2.41. The van der Waals surface area contributed by atoms with Crippen LogP contribution in [0.3, 0.4) is 0 Å². The van der Waals surface area contributed by atoms with Crippen LogP contribution in [0, 0.1) is 58.5 Å². The number of hydrogen-bond donors (Lipinski definition) is 0. The Morgan fingerprint density at radius 3 is 2.09 bits per heavy atom. The van der Waals surface area contributed by atoms with Crippen molar-refractivity contribution in [2.24, 2.45) is 0 Å². The lowest BCUT2D eigenvalue weighted by atomic mass is 10.0. The number of carbonyl (C=O) groups excluding carboxylic acids is 1. The molecule has 1 unspecified atom stereocenters. The molecule has 169 valence electrons. The molecular weight excluding hydrogens is 419 g/mol. The van der Waals surface area contributed by atoms with E-state index in [-0.39, 0.29) is 12.1 Å². The molecule has 0 aromatic heterocycles. The van der Waals surface area contributed by atoms with E-state index in [1.807, 2.05) is 6.92 Å². The molecule has 4 nitrogen and oxygen atoms in total. The van der Waals surface area contributed by atoms with Crippen molar-refractivity contribution >= 4 is 24.5 Å². The van der Waals surface area contributed by atoms with Gasteiger partial charge in [0.15, 0.2) is 0 Å². The van der Waals surface area contributed by atoms with E-state index >= 15 is 0 Å². The summed E-state index contributed by atoms with van der Waals surface area (Å²) in [5, 5.41) is 2.51. The van der Waals surface area contributed by atoms with Crippen LogP contribution in [-0.2, 0) is 9.53 Å². The fourth-order valence-corrected chi connectivity index (χ4v) is 7.26. The van der Waals surface area contributed by atoms with Gasteiger partial charge in [-0.05, 0) is 119 Å². The van der Waals surface area contributed by atoms with Crippen molar-refractivity contribution in [2.75, 3.05) is 14.2 Å². The number of esters is 1. The van der Waals surface area contributed by atoms with Crippen LogP contribution in [0.25, 0.3) is 0 Å². The van der Waals surface area contributed by atoms with Gasteiger partial charge < -0.3 is 14.2 Å². The highest BCUT2D eigenvalue weighted by Crippen LogP contribution is 2.58. The number of benzene rings is 2. The van der Waals surface area contributed by atoms with Crippen molar-refractivity contribution in [2.45, 2.75) is 47.6 Å². The van der Waals surface area contributed by atoms with Crippen LogP contribution in [0.15, 0.2) is 24.3 Å². The molecule has 3 rings (SSSR count). The molecule has 5 heteroatoms. The summed E-state index contributed by atoms with van der Waals surface area (Å²) in [6.45, 7) is 11.8. The predicted molar refractivity (Wildman–Crippen MR) is 132 cm³/mol. The van der Waals surface area contributed by atoms with E-state index in [0.717, 1.165) is 34.1 Å². The standard InChI is InChI=1S/C27H32O4P/c1-16-15-26(17(2)14-24(16)29-7)32(22-12-18(3)27(30-8)19(4)13-22)25-11-9-10-23(25)20(5)31-21(6)28/h9-15,20H,1-8H3/t20-,32?/m1/s1. The van der Waals surface area contributed by atoms with Crippen molar-refractivity contribution in [3.05, 3.63) is 77.4 Å². The van der Waals surface area contributed by atoms with E-state index in [9.17, 15) is 4.79 Å². The minimum atomic E-state index is -0.894. The Hall–Kier alpha value is -2.06. The molecular formula is C27H32O4P. The maximum absolute atomic E-state index is 11.7. The second kappa shape index (κ2) is 10.3. The molecule has 5 radical (unpaired) electrons. The van der Waals surface area contributed by atoms with E-state index in [1.54, 1.807) is 14.2 Å². The first-order chi connectivity index (χ1) is 15.2. The quantitative estimate of drug-likeness (QED) is 0.436. The minimum absolute atomic E-state index is 0.276. The molecule has 0 amide bonds. The molecule has 0 heterocycles. The Morgan fingerprint density at radius 2 is 1.53 bits per heavy atom. The maximum Gasteiger partial charge on any atom is 0.302 e. The number of rotatable bonds is 7. The highest BCUT2D eigenvalue weighted by atomic mass is 31.1. The van der Waals surface area contributed by atoms with E-state index in [4.69, 9.17) is 14.2 Å². The van der Waals surface area contributed by atoms with Gasteiger partial charge >= 0.3 is 5.97 Å². The van der Waals surface area contributed by atoms with Crippen LogP contribution < -0.4 is 20.1 Å². The average molecular weight is 452 g/mol. The molecule has 0 spiro atoms. The zero-order valence-electron chi connectivity index (χ0n) is 20.2. The molecule has 2 aromatic carbocycles. The Bertz CT molecular complexity index is 961. The smallest absolute Gasteiger partial charge is 0.302 e. The second-order valence-electron chi connectivity index (χ2n) is 8.17. The topological polar surface area (TPSA) is 44.8 Å². The monoisotopic (exact) mass is 451 g/mol. The Kier molecular flexibility index (Phi) is 7.88. The molecule has 0 saturated heterocycles. The van der Waals surface area contributed by atoms with Gasteiger partial charge in [-0.15, -0.1) is 0 Å². The van der Waals surface area contributed by atoms with Gasteiger partial charge in [0.05, 0.1) is 14.2 Å². The molecule has 2 atom stereocenters. The van der Waals surface area contributed by atoms with Gasteiger partial charge in [-0.3, -0.25) is 4.79 Å². The summed E-state index contributed by atoms with van der Waals surface area (Å²) in [6.07, 6.45) is 5.96. The first kappa shape index (κ1) is 24.6. The van der Waals surface area contributed by atoms with Crippen molar-refractivity contribution in [1.82, 2.24) is 0 Å². The van der Waals surface area contributed by atoms with Gasteiger partial charge in [-0.2, -0.15) is 0 Å². The van der Waals surface area contributed by atoms with Gasteiger partial charge in [0.25, 0.3) is 0 Å². The van der Waals surface area contributed by atoms with Crippen LogP contribution in [-0.4, -0.2) is 26.3 Å². The van der Waals surface area contributed by atoms with E-state index in [0.29, 0.717) is 0 Å². The molecule has 1 fully saturated rings. The van der Waals surface area contributed by atoms with Crippen molar-refractivity contribution in [1.29, 1.82) is 0 Å². The maximum atomic E-state index is 11.7. The third-order valence-corrected chi connectivity index (χ3v) is 8.34. The summed E-state index contributed by atoms with van der Waals surface area (Å²) in [4.78, 5) is 11.7. The molecule has 2 aromatic rings. The molecule has 1 aliphatic carbocycles. The van der Waals surface area contributed by atoms with Gasteiger partial charge in [0.2, 0.25) is 0 Å². The van der Waals surface area contributed by atoms with Crippen LogP contribution in [0.4, 0.5) is 0 Å². The summed E-state index contributed by atoms with van der Waals surface area (Å²) in [6, 6.07) is 8.80. The van der Waals surface area contributed by atoms with Gasteiger partial charge in [0.1, 0.15) is 17.6 Å². The van der Waals surface area contributed by atoms with E-state index in [1.165, 1.54) is 28.8 Å². The molecule has 1 saturated carbocycles. The summed E-state index contributed by atoms with van der Waals surface area (Å²) < 4.78 is 16.7. The fourth-order valence-electron chi connectivity index (χ4n) is 4.31. The summed E-state index contributed by atoms with van der Waals surface area (Å²) in [7, 11) is 2.52. The lowest BCUT2D eigenvalue weighted by Gasteiger charge is -2.33. The lowest BCUT2D eigenvalue weighted by molar-refractivity contribution is -0.144. The van der Waals surface area contributed by atoms with Crippen molar-refractivity contribution in [3.63, 3.8) is 0 Å². The minimum Gasteiger partial charge on any atom is -0.496 e. The number of hydrogen-bond acceptors (Lipinski definition) is 4. The van der Waals surface area contributed by atoms with Crippen LogP contribution >= 0.6 is 7.92 Å². The number of aryl methyl sites for hydroxylation is 4. The molecule has 32 heavy (non-hydrogen) atoms. The summed E-state index contributed by atoms with van der Waals surface area (Å²) >= 11 is 0. The largest absolute Gasteiger partial charge is 0.496 e. The van der Waals surface area contributed by atoms with Crippen LogP contribution in [0.2, 0.25) is 0 Å². The summed E-state index contributed by atoms with van der Waals surface area (Å²) in [5.41, 5.74) is 5.70. The second-order valence-corrected chi connectivity index (χ2v) is 10.3. The normalized spacial score (nSPS) is 16.6. The van der Waals surface area contributed by atoms with E-state index in [2.05, 4.69) is 71.2 Å². The lowest BCUT2D eigenvalue weighted by Crippen LogP contribution is -2.28. The van der Waals surface area contributed by atoms with E-state index < -0.39 is 7.92 Å². The highest BCUT2D eigenvalue weighted by molar-refractivity contribution is 7.76. The molecule has 1 aliphatic rings. The number of carbonyl (C=O) groups is 1. The van der Waals surface area contributed by atoms with Crippen LogP contribution in [0.5, 0.6) is 11.5 Å². The zero-order chi connectivity index (χ0) is 23.6. The number of methoxy groups -OCH3 is 2. The fraction of sp³-hybridized carbons (Fsp3) is 0.333. The summed E-state index contributed by atoms with van der Waals surface area (Å²) in [5.74, 6) is 2.58. The van der Waals surface area contributed by atoms with Gasteiger partial charge in [0, 0.05) is 18.5 Å². The molecule has 0 aliphatic heterocycles. The third kappa shape index (κ3) is 4.96. The zero-order valence-corrected chi connectivity index (χ0v) is 21.1. The number of ether oxygens (including phenoxy) is 3. The third-order valence-electron chi connectivity index (χ3n) is 5.71. The Balaban J connectivity index is 2.17. The Labute approximate surface area is 194 Å². The van der Waals surface area contributed by atoms with Crippen molar-refractivity contribution < 1.29 is 19.0 Å². The van der Waals surface area contributed by atoms with Gasteiger partial charge in [-0.1, -0.05) is 0 Å². The first-order valence-electron chi connectivity index (χ1n) is 10.7. The SMILES string of the molecule is COc1cc(C)c(P([C]2[CH][CH][CH][C]2[C@@H](C)OC(C)=O)c2cc(C)c(OC)c(C)c2)cc1C. The Morgan fingerprint density at radius 1 is 0.875 bits per heavy atom. The molecule has 0 bridgehead atoms. The van der Waals surface area contributed by atoms with Gasteiger partial charge in [-0.25, -0.2) is 0 Å². The predicted octanol–water partition coefficient (Wildman–Crippen LogP) is 5.05. The average Bonchev–Trinajstić information content (AvgIpc) is 3.19. The van der Waals surface area contributed by atoms with Crippen LogP contribution in [0.1, 0.15) is 36.1 Å². The molecule has 0 N–H and O–H groups in total.